The molecule has 25 heavy (non-hydrogen) atoms. The number of carbonyl (C=O) groups excluding carboxylic acids is 2. The second-order valence-electron chi connectivity index (χ2n) is 5.99. The third-order valence-corrected chi connectivity index (χ3v) is 4.28. The number of carbonyl (C=O) groups is 2. The minimum absolute atomic E-state index is 0.0300. The second kappa shape index (κ2) is 9.27. The highest BCUT2D eigenvalue weighted by Gasteiger charge is 2.33. The summed E-state index contributed by atoms with van der Waals surface area (Å²) in [5.41, 5.74) is 0.910. The van der Waals surface area contributed by atoms with E-state index in [1.807, 2.05) is 12.1 Å². The largest absolute Gasteiger partial charge is 0.493 e. The Morgan fingerprint density at radius 1 is 1.24 bits per heavy atom. The van der Waals surface area contributed by atoms with E-state index in [2.05, 4.69) is 5.32 Å². The molecule has 1 unspecified atom stereocenters. The molecule has 138 valence electrons. The average Bonchev–Trinajstić information content (AvgIpc) is 3.00. The maximum absolute atomic E-state index is 12.3. The number of methoxy groups -OCH3 is 3. The smallest absolute Gasteiger partial charge is 0.225 e. The number of likely N-dealkylation sites (tertiary alicyclic amines) is 1. The van der Waals surface area contributed by atoms with Crippen LogP contribution in [0.5, 0.6) is 11.5 Å². The summed E-state index contributed by atoms with van der Waals surface area (Å²) in [6, 6.07) is 5.51. The Morgan fingerprint density at radius 2 is 2.00 bits per heavy atom. The van der Waals surface area contributed by atoms with Crippen LogP contribution in [0.15, 0.2) is 18.2 Å². The van der Waals surface area contributed by atoms with Crippen LogP contribution in [0.3, 0.4) is 0 Å². The van der Waals surface area contributed by atoms with Gasteiger partial charge in [-0.15, -0.1) is 0 Å². The molecular weight excluding hydrogens is 324 g/mol. The lowest BCUT2D eigenvalue weighted by Crippen LogP contribution is -2.33. The number of hydrogen-bond donors (Lipinski definition) is 1. The first kappa shape index (κ1) is 19.1. The number of rotatable bonds is 9. The first-order chi connectivity index (χ1) is 12.1. The SMILES string of the molecule is COCCCN1CC(C(=O)NCc2ccc(OC)c(OC)c2)CC1=O. The number of nitrogens with zero attached hydrogens (tertiary/aromatic N) is 1. The van der Waals surface area contributed by atoms with Crippen molar-refractivity contribution in [2.45, 2.75) is 19.4 Å². The van der Waals surface area contributed by atoms with E-state index in [1.54, 1.807) is 32.3 Å². The van der Waals surface area contributed by atoms with Gasteiger partial charge in [0, 0.05) is 39.8 Å². The van der Waals surface area contributed by atoms with Gasteiger partial charge in [0.15, 0.2) is 11.5 Å². The zero-order chi connectivity index (χ0) is 18.2. The average molecular weight is 350 g/mol. The molecule has 0 radical (unpaired) electrons. The summed E-state index contributed by atoms with van der Waals surface area (Å²) < 4.78 is 15.5. The molecule has 1 atom stereocenters. The van der Waals surface area contributed by atoms with Gasteiger partial charge in [0.1, 0.15) is 0 Å². The topological polar surface area (TPSA) is 77.1 Å². The molecule has 7 nitrogen and oxygen atoms in total. The molecule has 2 rings (SSSR count). The summed E-state index contributed by atoms with van der Waals surface area (Å²) >= 11 is 0. The Kier molecular flexibility index (Phi) is 7.06. The molecule has 1 aromatic rings. The monoisotopic (exact) mass is 350 g/mol. The Labute approximate surface area is 148 Å². The Bertz CT molecular complexity index is 605. The van der Waals surface area contributed by atoms with Crippen molar-refractivity contribution < 1.29 is 23.8 Å². The van der Waals surface area contributed by atoms with Crippen LogP contribution in [-0.4, -0.2) is 57.7 Å². The minimum Gasteiger partial charge on any atom is -0.493 e. The predicted octanol–water partition coefficient (Wildman–Crippen LogP) is 1.20. The van der Waals surface area contributed by atoms with E-state index in [1.165, 1.54) is 0 Å². The van der Waals surface area contributed by atoms with Gasteiger partial charge in [0.25, 0.3) is 0 Å². The summed E-state index contributed by atoms with van der Waals surface area (Å²) in [6.45, 7) is 2.10. The fourth-order valence-corrected chi connectivity index (χ4v) is 2.89. The van der Waals surface area contributed by atoms with Crippen LogP contribution in [0.25, 0.3) is 0 Å². The molecule has 0 aliphatic carbocycles. The summed E-state index contributed by atoms with van der Waals surface area (Å²) in [5.74, 6) is 0.898. The van der Waals surface area contributed by atoms with Crippen molar-refractivity contribution >= 4 is 11.8 Å². The first-order valence-electron chi connectivity index (χ1n) is 8.34. The summed E-state index contributed by atoms with van der Waals surface area (Å²) in [6.07, 6.45) is 1.05. The van der Waals surface area contributed by atoms with Crippen LogP contribution in [-0.2, 0) is 20.9 Å². The highest BCUT2D eigenvalue weighted by atomic mass is 16.5. The molecule has 1 aliphatic rings. The molecule has 0 spiro atoms. The normalized spacial score (nSPS) is 16.8. The molecule has 7 heteroatoms. The Balaban J connectivity index is 1.85. The lowest BCUT2D eigenvalue weighted by Gasteiger charge is -2.16. The van der Waals surface area contributed by atoms with Gasteiger partial charge in [-0.25, -0.2) is 0 Å². The fraction of sp³-hybridized carbons (Fsp3) is 0.556. The van der Waals surface area contributed by atoms with Crippen molar-refractivity contribution in [2.75, 3.05) is 41.0 Å². The molecule has 1 fully saturated rings. The maximum Gasteiger partial charge on any atom is 0.225 e. The number of benzene rings is 1. The molecule has 1 heterocycles. The van der Waals surface area contributed by atoms with Crippen LogP contribution >= 0.6 is 0 Å². The van der Waals surface area contributed by atoms with Crippen molar-refractivity contribution in [2.24, 2.45) is 5.92 Å². The van der Waals surface area contributed by atoms with Crippen LogP contribution in [0.2, 0.25) is 0 Å². The van der Waals surface area contributed by atoms with Crippen molar-refractivity contribution in [1.82, 2.24) is 10.2 Å². The highest BCUT2D eigenvalue weighted by Crippen LogP contribution is 2.27. The standard InChI is InChI=1S/C18H26N2O5/c1-23-8-4-7-20-12-14(10-17(20)21)18(22)19-11-13-5-6-15(24-2)16(9-13)25-3/h5-6,9,14H,4,7-8,10-12H2,1-3H3,(H,19,22). The number of nitrogens with one attached hydrogen (secondary N) is 1. The van der Waals surface area contributed by atoms with Gasteiger partial charge in [0.05, 0.1) is 20.1 Å². The molecule has 0 saturated carbocycles. The molecule has 1 N–H and O–H groups in total. The predicted molar refractivity (Wildman–Crippen MR) is 92.6 cm³/mol. The lowest BCUT2D eigenvalue weighted by molar-refractivity contribution is -0.129. The minimum atomic E-state index is -0.296. The van der Waals surface area contributed by atoms with Gasteiger partial charge in [0.2, 0.25) is 11.8 Å². The number of hydrogen-bond acceptors (Lipinski definition) is 5. The number of ether oxygens (including phenoxy) is 3. The van der Waals surface area contributed by atoms with Gasteiger partial charge < -0.3 is 24.4 Å². The molecule has 1 saturated heterocycles. The van der Waals surface area contributed by atoms with E-state index in [9.17, 15) is 9.59 Å². The lowest BCUT2D eigenvalue weighted by atomic mass is 10.1. The van der Waals surface area contributed by atoms with Gasteiger partial charge in [-0.3, -0.25) is 9.59 Å². The second-order valence-corrected chi connectivity index (χ2v) is 5.99. The highest BCUT2D eigenvalue weighted by molar-refractivity contribution is 5.89. The van der Waals surface area contributed by atoms with Crippen molar-refractivity contribution in [3.05, 3.63) is 23.8 Å². The quantitative estimate of drug-likeness (QED) is 0.677. The molecule has 0 aromatic heterocycles. The van der Waals surface area contributed by atoms with Crippen molar-refractivity contribution in [3.8, 4) is 11.5 Å². The summed E-state index contributed by atoms with van der Waals surface area (Å²) in [7, 11) is 4.79. The van der Waals surface area contributed by atoms with Crippen LogP contribution in [0.1, 0.15) is 18.4 Å². The first-order valence-corrected chi connectivity index (χ1v) is 8.34. The molecule has 1 aliphatic heterocycles. The Morgan fingerprint density at radius 3 is 2.68 bits per heavy atom. The number of amides is 2. The molecule has 2 amide bonds. The zero-order valence-corrected chi connectivity index (χ0v) is 15.0. The van der Waals surface area contributed by atoms with E-state index in [-0.39, 0.29) is 24.2 Å². The van der Waals surface area contributed by atoms with Gasteiger partial charge in [-0.2, -0.15) is 0 Å². The fourth-order valence-electron chi connectivity index (χ4n) is 2.89. The van der Waals surface area contributed by atoms with Gasteiger partial charge in [-0.05, 0) is 24.1 Å². The summed E-state index contributed by atoms with van der Waals surface area (Å²) in [4.78, 5) is 26.1. The van der Waals surface area contributed by atoms with E-state index in [0.29, 0.717) is 37.7 Å². The van der Waals surface area contributed by atoms with Crippen LogP contribution < -0.4 is 14.8 Å². The maximum atomic E-state index is 12.3. The van der Waals surface area contributed by atoms with Gasteiger partial charge in [-0.1, -0.05) is 6.07 Å². The van der Waals surface area contributed by atoms with E-state index in [4.69, 9.17) is 14.2 Å². The van der Waals surface area contributed by atoms with Crippen molar-refractivity contribution in [1.29, 1.82) is 0 Å². The third kappa shape index (κ3) is 5.09. The molecule has 0 bridgehead atoms. The van der Waals surface area contributed by atoms with Crippen molar-refractivity contribution in [3.63, 3.8) is 0 Å². The zero-order valence-electron chi connectivity index (χ0n) is 15.0. The van der Waals surface area contributed by atoms with Crippen LogP contribution in [0, 0.1) is 5.92 Å². The molecule has 1 aromatic carbocycles. The third-order valence-electron chi connectivity index (χ3n) is 4.28. The Hall–Kier alpha value is -2.28. The van der Waals surface area contributed by atoms with E-state index in [0.717, 1.165) is 12.0 Å². The van der Waals surface area contributed by atoms with E-state index < -0.39 is 0 Å². The summed E-state index contributed by atoms with van der Waals surface area (Å²) in [5, 5.41) is 2.90. The molecular formula is C18H26N2O5. The van der Waals surface area contributed by atoms with E-state index >= 15 is 0 Å². The van der Waals surface area contributed by atoms with Gasteiger partial charge >= 0.3 is 0 Å². The van der Waals surface area contributed by atoms with Crippen LogP contribution in [0.4, 0.5) is 0 Å².